The summed E-state index contributed by atoms with van der Waals surface area (Å²) in [4.78, 5) is 14.7. The predicted octanol–water partition coefficient (Wildman–Crippen LogP) is 0.467. The Labute approximate surface area is 113 Å². The number of anilines is 1. The summed E-state index contributed by atoms with van der Waals surface area (Å²) in [6.45, 7) is 4.93. The molecule has 0 bridgehead atoms. The Bertz CT molecular complexity index is 391. The summed E-state index contributed by atoms with van der Waals surface area (Å²) >= 11 is 0. The fourth-order valence-corrected chi connectivity index (χ4v) is 2.27. The number of nitrogens with one attached hydrogen (secondary N) is 1. The van der Waals surface area contributed by atoms with Gasteiger partial charge in [0.15, 0.2) is 0 Å². The molecule has 7 heteroatoms. The van der Waals surface area contributed by atoms with Gasteiger partial charge < -0.3 is 19.7 Å². The summed E-state index contributed by atoms with van der Waals surface area (Å²) in [5.41, 5.74) is 0. The molecule has 1 aromatic rings. The molecule has 1 saturated heterocycles. The van der Waals surface area contributed by atoms with Crippen LogP contribution in [0.15, 0.2) is 0 Å². The van der Waals surface area contributed by atoms with Crippen LogP contribution in [0.4, 0.5) is 5.95 Å². The Balaban J connectivity index is 2.15. The number of likely N-dealkylation sites (N-methyl/N-ethyl adjacent to an activating group) is 1. The standard InChI is InChI=1S/C12H21N5O2/c1-4-13-9-6-5-7-17(8-9)10-14-11(18-2)16-12(15-10)19-3/h9,13H,4-8H2,1-3H3. The summed E-state index contributed by atoms with van der Waals surface area (Å²) in [6.07, 6.45) is 2.30. The molecule has 1 aliphatic heterocycles. The summed E-state index contributed by atoms with van der Waals surface area (Å²) in [5.74, 6) is 0.617. The van der Waals surface area contributed by atoms with Crippen LogP contribution in [0.3, 0.4) is 0 Å². The molecule has 0 aromatic carbocycles. The average Bonchev–Trinajstić information content (AvgIpc) is 2.47. The first-order valence-electron chi connectivity index (χ1n) is 6.59. The molecule has 19 heavy (non-hydrogen) atoms. The van der Waals surface area contributed by atoms with Gasteiger partial charge in [-0.15, -0.1) is 4.98 Å². The van der Waals surface area contributed by atoms with E-state index in [1.807, 2.05) is 0 Å². The van der Waals surface area contributed by atoms with E-state index in [-0.39, 0.29) is 12.0 Å². The van der Waals surface area contributed by atoms with Gasteiger partial charge in [-0.2, -0.15) is 9.97 Å². The minimum absolute atomic E-state index is 0.285. The maximum absolute atomic E-state index is 5.08. The molecule has 1 aromatic heterocycles. The number of aromatic nitrogens is 3. The number of ether oxygens (including phenoxy) is 2. The third-order valence-electron chi connectivity index (χ3n) is 3.14. The highest BCUT2D eigenvalue weighted by Crippen LogP contribution is 2.20. The monoisotopic (exact) mass is 267 g/mol. The highest BCUT2D eigenvalue weighted by Gasteiger charge is 2.22. The minimum Gasteiger partial charge on any atom is -0.467 e. The molecule has 7 nitrogen and oxygen atoms in total. The van der Waals surface area contributed by atoms with Gasteiger partial charge in [-0.1, -0.05) is 6.92 Å². The molecule has 0 spiro atoms. The van der Waals surface area contributed by atoms with Gasteiger partial charge in [-0.3, -0.25) is 0 Å². The molecule has 0 aliphatic carbocycles. The number of nitrogens with zero attached hydrogens (tertiary/aromatic N) is 4. The number of methoxy groups -OCH3 is 2. The van der Waals surface area contributed by atoms with Crippen molar-refractivity contribution in [3.05, 3.63) is 0 Å². The maximum Gasteiger partial charge on any atom is 0.324 e. The van der Waals surface area contributed by atoms with E-state index in [1.165, 1.54) is 20.6 Å². The zero-order chi connectivity index (χ0) is 13.7. The summed E-state index contributed by atoms with van der Waals surface area (Å²) in [6, 6.07) is 1.05. The van der Waals surface area contributed by atoms with Crippen LogP contribution in [0.5, 0.6) is 12.0 Å². The van der Waals surface area contributed by atoms with Crippen molar-refractivity contribution < 1.29 is 9.47 Å². The fourth-order valence-electron chi connectivity index (χ4n) is 2.27. The van der Waals surface area contributed by atoms with E-state index in [9.17, 15) is 0 Å². The van der Waals surface area contributed by atoms with Crippen molar-refractivity contribution in [3.63, 3.8) is 0 Å². The first kappa shape index (κ1) is 13.8. The molecule has 1 unspecified atom stereocenters. The van der Waals surface area contributed by atoms with Crippen molar-refractivity contribution in [2.75, 3.05) is 38.8 Å². The lowest BCUT2D eigenvalue weighted by Gasteiger charge is -2.33. The SMILES string of the molecule is CCNC1CCCN(c2nc(OC)nc(OC)n2)C1. The molecule has 2 heterocycles. The van der Waals surface area contributed by atoms with E-state index in [2.05, 4.69) is 32.1 Å². The van der Waals surface area contributed by atoms with Crippen molar-refractivity contribution in [1.29, 1.82) is 0 Å². The molecule has 0 saturated carbocycles. The third kappa shape index (κ3) is 3.44. The molecule has 1 fully saturated rings. The number of hydrogen-bond donors (Lipinski definition) is 1. The largest absolute Gasteiger partial charge is 0.467 e. The van der Waals surface area contributed by atoms with Crippen LogP contribution in [0.25, 0.3) is 0 Å². The second-order valence-electron chi connectivity index (χ2n) is 4.45. The van der Waals surface area contributed by atoms with Crippen molar-refractivity contribution in [2.24, 2.45) is 0 Å². The van der Waals surface area contributed by atoms with Crippen LogP contribution in [-0.4, -0.2) is 54.8 Å². The van der Waals surface area contributed by atoms with E-state index in [4.69, 9.17) is 9.47 Å². The Hall–Kier alpha value is -1.63. The van der Waals surface area contributed by atoms with Crippen LogP contribution in [0.1, 0.15) is 19.8 Å². The van der Waals surface area contributed by atoms with Gasteiger partial charge in [0.05, 0.1) is 14.2 Å². The molecule has 2 rings (SSSR count). The van der Waals surface area contributed by atoms with E-state index in [0.29, 0.717) is 12.0 Å². The van der Waals surface area contributed by atoms with Gasteiger partial charge in [-0.25, -0.2) is 0 Å². The van der Waals surface area contributed by atoms with Crippen molar-refractivity contribution >= 4 is 5.95 Å². The summed E-state index contributed by atoms with van der Waals surface area (Å²) in [5, 5.41) is 3.47. The van der Waals surface area contributed by atoms with Crippen molar-refractivity contribution in [1.82, 2.24) is 20.3 Å². The van der Waals surface area contributed by atoms with Crippen LogP contribution < -0.4 is 19.7 Å². The predicted molar refractivity (Wildman–Crippen MR) is 71.8 cm³/mol. The third-order valence-corrected chi connectivity index (χ3v) is 3.14. The lowest BCUT2D eigenvalue weighted by Crippen LogP contribution is -2.46. The van der Waals surface area contributed by atoms with Crippen LogP contribution in [0, 0.1) is 0 Å². The summed E-state index contributed by atoms with van der Waals surface area (Å²) in [7, 11) is 3.08. The molecular formula is C12H21N5O2. The van der Waals surface area contributed by atoms with Gasteiger partial charge in [0.25, 0.3) is 0 Å². The van der Waals surface area contributed by atoms with Gasteiger partial charge >= 0.3 is 12.0 Å². The average molecular weight is 267 g/mol. The number of piperidine rings is 1. The Kier molecular flexibility index (Phi) is 4.73. The second kappa shape index (κ2) is 6.51. The highest BCUT2D eigenvalue weighted by atomic mass is 16.5. The Morgan fingerprint density at radius 2 is 1.89 bits per heavy atom. The Morgan fingerprint density at radius 1 is 1.21 bits per heavy atom. The van der Waals surface area contributed by atoms with Crippen LogP contribution in [0.2, 0.25) is 0 Å². The normalized spacial score (nSPS) is 19.3. The molecular weight excluding hydrogens is 246 g/mol. The fraction of sp³-hybridized carbons (Fsp3) is 0.750. The minimum atomic E-state index is 0.285. The molecule has 106 valence electrons. The van der Waals surface area contributed by atoms with Gasteiger partial charge in [0.1, 0.15) is 0 Å². The quantitative estimate of drug-likeness (QED) is 0.831. The summed E-state index contributed by atoms with van der Waals surface area (Å²) < 4.78 is 10.2. The molecule has 1 aliphatic rings. The smallest absolute Gasteiger partial charge is 0.324 e. The number of rotatable bonds is 5. The first-order valence-corrected chi connectivity index (χ1v) is 6.59. The molecule has 0 radical (unpaired) electrons. The van der Waals surface area contributed by atoms with Gasteiger partial charge in [-0.05, 0) is 19.4 Å². The topological polar surface area (TPSA) is 72.4 Å². The molecule has 1 N–H and O–H groups in total. The van der Waals surface area contributed by atoms with Crippen molar-refractivity contribution in [3.8, 4) is 12.0 Å². The van der Waals surface area contributed by atoms with E-state index in [0.717, 1.165) is 26.1 Å². The maximum atomic E-state index is 5.08. The van der Waals surface area contributed by atoms with E-state index >= 15 is 0 Å². The lowest BCUT2D eigenvalue weighted by molar-refractivity contribution is 0.338. The van der Waals surface area contributed by atoms with E-state index < -0.39 is 0 Å². The van der Waals surface area contributed by atoms with Gasteiger partial charge in [0, 0.05) is 19.1 Å². The molecule has 0 amide bonds. The van der Waals surface area contributed by atoms with E-state index in [1.54, 1.807) is 0 Å². The Morgan fingerprint density at radius 3 is 2.47 bits per heavy atom. The van der Waals surface area contributed by atoms with Gasteiger partial charge in [0.2, 0.25) is 5.95 Å². The zero-order valence-electron chi connectivity index (χ0n) is 11.7. The molecule has 1 atom stereocenters. The van der Waals surface area contributed by atoms with Crippen molar-refractivity contribution in [2.45, 2.75) is 25.8 Å². The number of hydrogen-bond acceptors (Lipinski definition) is 7. The zero-order valence-corrected chi connectivity index (χ0v) is 11.7. The van der Waals surface area contributed by atoms with Crippen LogP contribution in [-0.2, 0) is 0 Å². The van der Waals surface area contributed by atoms with Crippen LogP contribution >= 0.6 is 0 Å². The highest BCUT2D eigenvalue weighted by molar-refractivity contribution is 5.33. The first-order chi connectivity index (χ1) is 9.26. The second-order valence-corrected chi connectivity index (χ2v) is 4.45. The lowest BCUT2D eigenvalue weighted by atomic mass is 10.1.